The Morgan fingerprint density at radius 1 is 1.39 bits per heavy atom. The van der Waals surface area contributed by atoms with Crippen molar-refractivity contribution in [2.45, 2.75) is 32.2 Å². The molecule has 0 saturated carbocycles. The van der Waals surface area contributed by atoms with E-state index in [1.165, 1.54) is 5.69 Å². The van der Waals surface area contributed by atoms with Crippen LogP contribution in [-0.4, -0.2) is 26.2 Å². The lowest BCUT2D eigenvalue weighted by molar-refractivity contribution is 0.412. The Morgan fingerprint density at radius 3 is 2.56 bits per heavy atom. The Kier molecular flexibility index (Phi) is 5.47. The van der Waals surface area contributed by atoms with Crippen molar-refractivity contribution in [2.24, 2.45) is 5.73 Å². The van der Waals surface area contributed by atoms with Gasteiger partial charge in [-0.3, -0.25) is 0 Å². The summed E-state index contributed by atoms with van der Waals surface area (Å²) < 4.78 is 6.20. The molecule has 2 N–H and O–H groups in total. The minimum atomic E-state index is -0.0820. The lowest BCUT2D eigenvalue weighted by Gasteiger charge is -2.23. The SMILES string of the molecule is COc1ccc(N(C)CCCC(C)(C)N)cc1Br. The van der Waals surface area contributed by atoms with Crippen LogP contribution in [0.5, 0.6) is 5.75 Å². The molecule has 0 fully saturated rings. The lowest BCUT2D eigenvalue weighted by atomic mass is 10.00. The zero-order chi connectivity index (χ0) is 13.8. The molecule has 1 aromatic rings. The van der Waals surface area contributed by atoms with Crippen molar-refractivity contribution in [3.63, 3.8) is 0 Å². The second-order valence-corrected chi connectivity index (χ2v) is 6.19. The van der Waals surface area contributed by atoms with Gasteiger partial charge in [0.05, 0.1) is 11.6 Å². The molecule has 0 unspecified atom stereocenters. The maximum Gasteiger partial charge on any atom is 0.133 e. The molecule has 1 aromatic carbocycles. The van der Waals surface area contributed by atoms with Gasteiger partial charge in [-0.2, -0.15) is 0 Å². The molecule has 0 heterocycles. The summed E-state index contributed by atoms with van der Waals surface area (Å²) in [4.78, 5) is 2.23. The van der Waals surface area contributed by atoms with Gasteiger partial charge in [-0.25, -0.2) is 0 Å². The minimum absolute atomic E-state index is 0.0820. The summed E-state index contributed by atoms with van der Waals surface area (Å²) in [6.45, 7) is 5.13. The van der Waals surface area contributed by atoms with Gasteiger partial charge >= 0.3 is 0 Å². The Balaban J connectivity index is 2.56. The van der Waals surface area contributed by atoms with Crippen LogP contribution < -0.4 is 15.4 Å². The summed E-state index contributed by atoms with van der Waals surface area (Å²) in [5.74, 6) is 0.857. The topological polar surface area (TPSA) is 38.5 Å². The molecule has 0 bridgehead atoms. The Bertz CT molecular complexity index is 388. The van der Waals surface area contributed by atoms with E-state index in [0.717, 1.165) is 29.6 Å². The van der Waals surface area contributed by atoms with Crippen molar-refractivity contribution in [3.05, 3.63) is 22.7 Å². The number of nitrogens with zero attached hydrogens (tertiary/aromatic N) is 1. The number of hydrogen-bond donors (Lipinski definition) is 1. The van der Waals surface area contributed by atoms with Crippen molar-refractivity contribution >= 4 is 21.6 Å². The van der Waals surface area contributed by atoms with E-state index in [2.05, 4.69) is 53.9 Å². The number of halogens is 1. The quantitative estimate of drug-likeness (QED) is 0.874. The summed E-state index contributed by atoms with van der Waals surface area (Å²) >= 11 is 3.50. The summed E-state index contributed by atoms with van der Waals surface area (Å²) in [5, 5.41) is 0. The zero-order valence-corrected chi connectivity index (χ0v) is 13.3. The van der Waals surface area contributed by atoms with E-state index in [9.17, 15) is 0 Å². The van der Waals surface area contributed by atoms with Crippen LogP contribution in [0.4, 0.5) is 5.69 Å². The molecule has 4 heteroatoms. The average Bonchev–Trinajstić information content (AvgIpc) is 2.27. The molecule has 0 radical (unpaired) electrons. The maximum absolute atomic E-state index is 5.98. The summed E-state index contributed by atoms with van der Waals surface area (Å²) in [7, 11) is 3.77. The molecule has 0 aliphatic carbocycles. The van der Waals surface area contributed by atoms with Crippen LogP contribution in [0.2, 0.25) is 0 Å². The largest absolute Gasteiger partial charge is 0.496 e. The van der Waals surface area contributed by atoms with Gasteiger partial charge in [0.2, 0.25) is 0 Å². The molecule has 3 nitrogen and oxygen atoms in total. The number of ether oxygens (including phenoxy) is 1. The Hall–Kier alpha value is -0.740. The van der Waals surface area contributed by atoms with Crippen molar-refractivity contribution < 1.29 is 4.74 Å². The summed E-state index contributed by atoms with van der Waals surface area (Å²) in [6, 6.07) is 6.12. The number of hydrogen-bond acceptors (Lipinski definition) is 3. The highest BCUT2D eigenvalue weighted by Crippen LogP contribution is 2.29. The molecule has 0 aliphatic heterocycles. The third-order valence-electron chi connectivity index (χ3n) is 2.89. The fourth-order valence-corrected chi connectivity index (χ4v) is 2.32. The fraction of sp³-hybridized carbons (Fsp3) is 0.571. The van der Waals surface area contributed by atoms with Crippen molar-refractivity contribution in [3.8, 4) is 5.75 Å². The molecule has 0 aromatic heterocycles. The number of benzene rings is 1. The molecule has 1 rings (SSSR count). The third-order valence-corrected chi connectivity index (χ3v) is 3.51. The van der Waals surface area contributed by atoms with Gasteiger partial charge in [0.25, 0.3) is 0 Å². The summed E-state index contributed by atoms with van der Waals surface area (Å²) in [5.41, 5.74) is 7.08. The van der Waals surface area contributed by atoms with Gasteiger partial charge in [-0.1, -0.05) is 0 Å². The predicted octanol–water partition coefficient (Wildman–Crippen LogP) is 3.41. The van der Waals surface area contributed by atoms with Crippen LogP contribution in [0.1, 0.15) is 26.7 Å². The molecule has 18 heavy (non-hydrogen) atoms. The van der Waals surface area contributed by atoms with Crippen LogP contribution in [0.3, 0.4) is 0 Å². The van der Waals surface area contributed by atoms with Gasteiger partial charge in [0.1, 0.15) is 5.75 Å². The lowest BCUT2D eigenvalue weighted by Crippen LogP contribution is -2.33. The van der Waals surface area contributed by atoms with E-state index in [1.54, 1.807) is 7.11 Å². The third kappa shape index (κ3) is 4.86. The van der Waals surface area contributed by atoms with Gasteiger partial charge < -0.3 is 15.4 Å². The molecule has 0 aliphatic rings. The number of anilines is 1. The van der Waals surface area contributed by atoms with Crippen molar-refractivity contribution in [1.82, 2.24) is 0 Å². The monoisotopic (exact) mass is 314 g/mol. The maximum atomic E-state index is 5.98. The first-order valence-corrected chi connectivity index (χ1v) is 6.96. The van der Waals surface area contributed by atoms with E-state index < -0.39 is 0 Å². The summed E-state index contributed by atoms with van der Waals surface area (Å²) in [6.07, 6.45) is 2.11. The highest BCUT2D eigenvalue weighted by molar-refractivity contribution is 9.10. The van der Waals surface area contributed by atoms with Crippen LogP contribution >= 0.6 is 15.9 Å². The van der Waals surface area contributed by atoms with E-state index in [0.29, 0.717) is 0 Å². The van der Waals surface area contributed by atoms with Gasteiger partial charge in [0.15, 0.2) is 0 Å². The first-order chi connectivity index (χ1) is 8.33. The van der Waals surface area contributed by atoms with Crippen molar-refractivity contribution in [1.29, 1.82) is 0 Å². The normalized spacial score (nSPS) is 11.4. The molecule has 0 amide bonds. The molecule has 0 atom stereocenters. The second-order valence-electron chi connectivity index (χ2n) is 5.33. The smallest absolute Gasteiger partial charge is 0.133 e. The predicted molar refractivity (Wildman–Crippen MR) is 81.5 cm³/mol. The molecular weight excluding hydrogens is 292 g/mol. The van der Waals surface area contributed by atoms with E-state index >= 15 is 0 Å². The van der Waals surface area contributed by atoms with Gasteiger partial charge in [-0.15, -0.1) is 0 Å². The number of rotatable bonds is 6. The highest BCUT2D eigenvalue weighted by Gasteiger charge is 2.11. The zero-order valence-electron chi connectivity index (χ0n) is 11.7. The van der Waals surface area contributed by atoms with Crippen LogP contribution in [0.25, 0.3) is 0 Å². The van der Waals surface area contributed by atoms with Crippen LogP contribution in [-0.2, 0) is 0 Å². The molecule has 102 valence electrons. The van der Waals surface area contributed by atoms with Crippen LogP contribution in [0.15, 0.2) is 22.7 Å². The Labute approximate surface area is 118 Å². The minimum Gasteiger partial charge on any atom is -0.496 e. The second kappa shape index (κ2) is 6.43. The standard InChI is InChI=1S/C14H23BrN2O/c1-14(2,16)8-5-9-17(3)11-6-7-13(18-4)12(15)10-11/h6-7,10H,5,8-9,16H2,1-4H3. The number of nitrogens with two attached hydrogens (primary N) is 1. The molecular formula is C14H23BrN2O. The first-order valence-electron chi connectivity index (χ1n) is 6.17. The van der Waals surface area contributed by atoms with Crippen LogP contribution in [0, 0.1) is 0 Å². The van der Waals surface area contributed by atoms with Gasteiger partial charge in [-0.05, 0) is 60.8 Å². The van der Waals surface area contributed by atoms with E-state index in [1.807, 2.05) is 6.07 Å². The Morgan fingerprint density at radius 2 is 2.06 bits per heavy atom. The molecule has 0 spiro atoms. The van der Waals surface area contributed by atoms with Gasteiger partial charge in [0, 0.05) is 24.8 Å². The fourth-order valence-electron chi connectivity index (χ4n) is 1.79. The van der Waals surface area contributed by atoms with Crippen molar-refractivity contribution in [2.75, 3.05) is 25.6 Å². The van der Waals surface area contributed by atoms with E-state index in [4.69, 9.17) is 10.5 Å². The number of methoxy groups -OCH3 is 1. The average molecular weight is 315 g/mol. The highest BCUT2D eigenvalue weighted by atomic mass is 79.9. The van der Waals surface area contributed by atoms with E-state index in [-0.39, 0.29) is 5.54 Å². The first kappa shape index (κ1) is 15.3. The molecule has 0 saturated heterocycles.